The molecule has 0 atom stereocenters. The van der Waals surface area contributed by atoms with Crippen LogP contribution >= 0.6 is 34.4 Å². The minimum absolute atomic E-state index is 0.129. The van der Waals surface area contributed by atoms with E-state index >= 15 is 0 Å². The lowest BCUT2D eigenvalue weighted by Crippen LogP contribution is -2.12. The van der Waals surface area contributed by atoms with Gasteiger partial charge in [0.1, 0.15) is 4.83 Å². The normalized spacial score (nSPS) is 11.2. The second kappa shape index (κ2) is 6.86. The van der Waals surface area contributed by atoms with Crippen LogP contribution in [0.1, 0.15) is 18.2 Å². The van der Waals surface area contributed by atoms with E-state index in [1.807, 2.05) is 17.5 Å². The number of hydrogen-bond acceptors (Lipinski definition) is 6. The molecule has 0 aromatic carbocycles. The van der Waals surface area contributed by atoms with Gasteiger partial charge >= 0.3 is 0 Å². The molecule has 1 amide bonds. The van der Waals surface area contributed by atoms with E-state index in [1.165, 1.54) is 16.6 Å². The Morgan fingerprint density at radius 3 is 2.96 bits per heavy atom. The summed E-state index contributed by atoms with van der Waals surface area (Å²) in [4.78, 5) is 33.7. The van der Waals surface area contributed by atoms with Crippen LogP contribution in [0, 0.1) is 0 Å². The standard InChI is InChI=1S/C15H15N3O2S3/c1-2-8-11(9-4-3-6-21-9)12-13(20)17-15(18-14(12)23-8)22-7-5-10(16)19/h3-4,6H,2,5,7H2,1H3,(H2,16,19)(H,17,18,20). The molecule has 0 bridgehead atoms. The van der Waals surface area contributed by atoms with Crippen LogP contribution in [0.2, 0.25) is 0 Å². The predicted octanol–water partition coefficient (Wildman–Crippen LogP) is 3.24. The van der Waals surface area contributed by atoms with Crippen molar-refractivity contribution in [3.05, 3.63) is 32.7 Å². The van der Waals surface area contributed by atoms with Crippen molar-refractivity contribution in [2.75, 3.05) is 5.75 Å². The Labute approximate surface area is 145 Å². The van der Waals surface area contributed by atoms with Gasteiger partial charge in [-0.2, -0.15) is 0 Å². The number of thioether (sulfide) groups is 1. The molecule has 0 unspecified atom stereocenters. The molecule has 3 rings (SSSR count). The zero-order valence-corrected chi connectivity index (χ0v) is 14.9. The molecule has 3 aromatic heterocycles. The fourth-order valence-electron chi connectivity index (χ4n) is 2.28. The van der Waals surface area contributed by atoms with Crippen LogP contribution in [0.4, 0.5) is 0 Å². The highest BCUT2D eigenvalue weighted by atomic mass is 32.2. The van der Waals surface area contributed by atoms with E-state index in [0.717, 1.165) is 21.7 Å². The van der Waals surface area contributed by atoms with Crippen molar-refractivity contribution in [1.82, 2.24) is 9.97 Å². The monoisotopic (exact) mass is 365 g/mol. The first kappa shape index (κ1) is 16.2. The third kappa shape index (κ3) is 3.34. The summed E-state index contributed by atoms with van der Waals surface area (Å²) in [6, 6.07) is 4.01. The highest BCUT2D eigenvalue weighted by Crippen LogP contribution is 2.38. The number of H-pyrrole nitrogens is 1. The summed E-state index contributed by atoms with van der Waals surface area (Å²) < 4.78 is 0. The number of aromatic amines is 1. The second-order valence-corrected chi connectivity index (χ2v) is 7.96. The maximum absolute atomic E-state index is 12.6. The summed E-state index contributed by atoms with van der Waals surface area (Å²) in [7, 11) is 0. The van der Waals surface area contributed by atoms with E-state index in [0.29, 0.717) is 16.3 Å². The first-order valence-corrected chi connectivity index (χ1v) is 9.79. The van der Waals surface area contributed by atoms with Crippen LogP contribution in [0.15, 0.2) is 27.5 Å². The molecular weight excluding hydrogens is 350 g/mol. The molecule has 0 saturated carbocycles. The van der Waals surface area contributed by atoms with Gasteiger partial charge in [0.2, 0.25) is 5.91 Å². The minimum Gasteiger partial charge on any atom is -0.370 e. The van der Waals surface area contributed by atoms with E-state index in [2.05, 4.69) is 16.9 Å². The Balaban J connectivity index is 2.05. The van der Waals surface area contributed by atoms with E-state index in [-0.39, 0.29) is 17.9 Å². The number of nitrogens with zero attached hydrogens (tertiary/aromatic N) is 1. The van der Waals surface area contributed by atoms with E-state index in [9.17, 15) is 9.59 Å². The Kier molecular flexibility index (Phi) is 4.84. The molecule has 0 aliphatic heterocycles. The van der Waals surface area contributed by atoms with Crippen molar-refractivity contribution in [2.24, 2.45) is 5.73 Å². The molecule has 0 aliphatic rings. The quantitative estimate of drug-likeness (QED) is 0.518. The molecule has 0 saturated heterocycles. The smallest absolute Gasteiger partial charge is 0.260 e. The fraction of sp³-hybridized carbons (Fsp3) is 0.267. The van der Waals surface area contributed by atoms with Gasteiger partial charge in [-0.05, 0) is 17.9 Å². The number of rotatable bonds is 6. The summed E-state index contributed by atoms with van der Waals surface area (Å²) in [5, 5.41) is 3.20. The zero-order chi connectivity index (χ0) is 16.4. The Bertz CT molecular complexity index is 897. The van der Waals surface area contributed by atoms with Crippen molar-refractivity contribution >= 4 is 50.6 Å². The Morgan fingerprint density at radius 1 is 1.48 bits per heavy atom. The van der Waals surface area contributed by atoms with Crippen molar-refractivity contribution in [1.29, 1.82) is 0 Å². The number of fused-ring (bicyclic) bond motifs is 1. The van der Waals surface area contributed by atoms with Gasteiger partial charge in [-0.25, -0.2) is 4.98 Å². The number of carbonyl (C=O) groups is 1. The number of aromatic nitrogens is 2. The summed E-state index contributed by atoms with van der Waals surface area (Å²) in [5.74, 6) is 0.151. The van der Waals surface area contributed by atoms with Gasteiger partial charge in [0, 0.05) is 27.5 Å². The summed E-state index contributed by atoms with van der Waals surface area (Å²) in [6.45, 7) is 2.08. The molecule has 8 heteroatoms. The van der Waals surface area contributed by atoms with Crippen molar-refractivity contribution < 1.29 is 4.79 Å². The molecule has 0 aliphatic carbocycles. The molecule has 23 heavy (non-hydrogen) atoms. The lowest BCUT2D eigenvalue weighted by Gasteiger charge is -2.01. The number of primary amides is 1. The summed E-state index contributed by atoms with van der Waals surface area (Å²) in [5.41, 5.74) is 6.01. The minimum atomic E-state index is -0.356. The third-order valence-corrected chi connectivity index (χ3v) is 6.28. The van der Waals surface area contributed by atoms with Crippen LogP contribution in [-0.4, -0.2) is 21.6 Å². The van der Waals surface area contributed by atoms with E-state index in [4.69, 9.17) is 5.73 Å². The van der Waals surface area contributed by atoms with Crippen LogP contribution in [0.3, 0.4) is 0 Å². The number of carbonyl (C=O) groups excluding carboxylic acids is 1. The van der Waals surface area contributed by atoms with Gasteiger partial charge < -0.3 is 10.7 Å². The average Bonchev–Trinajstić information content (AvgIpc) is 3.13. The van der Waals surface area contributed by atoms with Gasteiger partial charge in [0.25, 0.3) is 5.56 Å². The maximum Gasteiger partial charge on any atom is 0.260 e. The topological polar surface area (TPSA) is 88.8 Å². The molecule has 3 aromatic rings. The summed E-state index contributed by atoms with van der Waals surface area (Å²) in [6.07, 6.45) is 1.12. The van der Waals surface area contributed by atoms with Gasteiger partial charge in [-0.15, -0.1) is 22.7 Å². The van der Waals surface area contributed by atoms with Gasteiger partial charge in [-0.3, -0.25) is 9.59 Å². The van der Waals surface area contributed by atoms with Gasteiger partial charge in [0.15, 0.2) is 5.16 Å². The summed E-state index contributed by atoms with van der Waals surface area (Å²) >= 11 is 4.53. The van der Waals surface area contributed by atoms with Gasteiger partial charge in [-0.1, -0.05) is 24.8 Å². The number of amides is 1. The molecule has 120 valence electrons. The molecule has 0 radical (unpaired) electrons. The lowest BCUT2D eigenvalue weighted by molar-refractivity contribution is -0.117. The highest BCUT2D eigenvalue weighted by Gasteiger charge is 2.18. The highest BCUT2D eigenvalue weighted by molar-refractivity contribution is 7.99. The zero-order valence-electron chi connectivity index (χ0n) is 12.4. The van der Waals surface area contributed by atoms with Crippen molar-refractivity contribution in [3.8, 4) is 10.4 Å². The molecule has 0 fully saturated rings. The first-order chi connectivity index (χ1) is 11.1. The molecular formula is C15H15N3O2S3. The number of nitrogens with one attached hydrogen (secondary N) is 1. The molecule has 3 heterocycles. The van der Waals surface area contributed by atoms with Crippen molar-refractivity contribution in [2.45, 2.75) is 24.9 Å². The number of aryl methyl sites for hydroxylation is 1. The maximum atomic E-state index is 12.6. The fourth-order valence-corrected chi connectivity index (χ4v) is 5.15. The Hall–Kier alpha value is -1.64. The Morgan fingerprint density at radius 2 is 2.30 bits per heavy atom. The number of nitrogens with two attached hydrogens (primary N) is 1. The average molecular weight is 366 g/mol. The molecule has 0 spiro atoms. The predicted molar refractivity (Wildman–Crippen MR) is 97.5 cm³/mol. The van der Waals surface area contributed by atoms with Crippen LogP contribution in [0.25, 0.3) is 20.7 Å². The SMILES string of the molecule is CCc1sc2nc(SCCC(N)=O)[nH]c(=O)c2c1-c1cccs1. The van der Waals surface area contributed by atoms with Crippen LogP contribution in [0.5, 0.6) is 0 Å². The number of thiophene rings is 2. The van der Waals surface area contributed by atoms with Gasteiger partial charge in [0.05, 0.1) is 5.39 Å². The van der Waals surface area contributed by atoms with Crippen LogP contribution in [-0.2, 0) is 11.2 Å². The number of hydrogen-bond donors (Lipinski definition) is 2. The molecule has 3 N–H and O–H groups in total. The third-order valence-electron chi connectivity index (χ3n) is 3.29. The van der Waals surface area contributed by atoms with Crippen LogP contribution < -0.4 is 11.3 Å². The first-order valence-electron chi connectivity index (χ1n) is 7.10. The largest absolute Gasteiger partial charge is 0.370 e. The second-order valence-electron chi connectivity index (χ2n) is 4.85. The van der Waals surface area contributed by atoms with E-state index < -0.39 is 0 Å². The van der Waals surface area contributed by atoms with E-state index in [1.54, 1.807) is 22.7 Å². The lowest BCUT2D eigenvalue weighted by atomic mass is 10.1. The van der Waals surface area contributed by atoms with Crippen molar-refractivity contribution in [3.63, 3.8) is 0 Å². The molecule has 5 nitrogen and oxygen atoms in total.